The molecule has 1 fully saturated rings. The van der Waals surface area contributed by atoms with Crippen molar-refractivity contribution in [2.24, 2.45) is 0 Å². The van der Waals surface area contributed by atoms with Crippen LogP contribution in [-0.2, 0) is 16.1 Å². The van der Waals surface area contributed by atoms with Gasteiger partial charge < -0.3 is 14.4 Å². The van der Waals surface area contributed by atoms with Gasteiger partial charge in [0, 0.05) is 12.7 Å². The second-order valence-electron chi connectivity index (χ2n) is 4.12. The Morgan fingerprint density at radius 3 is 2.89 bits per heavy atom. The summed E-state index contributed by atoms with van der Waals surface area (Å²) >= 11 is 0. The van der Waals surface area contributed by atoms with Crippen LogP contribution in [0.3, 0.4) is 0 Å². The molecule has 18 heavy (non-hydrogen) atoms. The summed E-state index contributed by atoms with van der Waals surface area (Å²) in [5, 5.41) is 8.65. The molecule has 0 radical (unpaired) electrons. The Balaban J connectivity index is 2.32. The fourth-order valence-corrected chi connectivity index (χ4v) is 1.88. The zero-order valence-electron chi connectivity index (χ0n) is 10.00. The first-order valence-electron chi connectivity index (χ1n) is 5.66. The van der Waals surface area contributed by atoms with Crippen molar-refractivity contribution in [1.82, 2.24) is 9.55 Å². The summed E-state index contributed by atoms with van der Waals surface area (Å²) < 4.78 is 7.02. The minimum Gasteiger partial charge on any atom is -0.478 e. The number of hydrogen-bond acceptors (Lipinski definition) is 4. The molecule has 2 rings (SSSR count). The monoisotopic (exact) mass is 250 g/mol. The molecule has 1 atom stereocenters. The Hall–Kier alpha value is -1.95. The average molecular weight is 250 g/mol. The van der Waals surface area contributed by atoms with E-state index in [1.165, 1.54) is 6.08 Å². The normalized spacial score (nSPS) is 18.8. The van der Waals surface area contributed by atoms with Crippen molar-refractivity contribution in [3.05, 3.63) is 23.3 Å². The molecule has 0 spiro atoms. The van der Waals surface area contributed by atoms with Gasteiger partial charge in [0.15, 0.2) is 12.1 Å². The molecule has 1 aliphatic heterocycles. The maximum Gasteiger partial charge on any atom is 0.328 e. The first-order valence-corrected chi connectivity index (χ1v) is 5.66. The van der Waals surface area contributed by atoms with Crippen LogP contribution in [0.15, 0.2) is 6.08 Å². The highest BCUT2D eigenvalue weighted by atomic mass is 16.5. The lowest BCUT2D eigenvalue weighted by Gasteiger charge is -2.27. The molecule has 1 aliphatic rings. The zero-order valence-corrected chi connectivity index (χ0v) is 10.00. The van der Waals surface area contributed by atoms with Gasteiger partial charge in [-0.2, -0.15) is 0 Å². The summed E-state index contributed by atoms with van der Waals surface area (Å²) in [5.74, 6) is -0.734. The Labute approximate surface area is 104 Å². The fourth-order valence-electron chi connectivity index (χ4n) is 1.88. The summed E-state index contributed by atoms with van der Waals surface area (Å²) in [6.45, 7) is 3.00. The number of imidazole rings is 1. The molecule has 6 heteroatoms. The van der Waals surface area contributed by atoms with E-state index in [-0.39, 0.29) is 6.10 Å². The van der Waals surface area contributed by atoms with E-state index in [1.54, 1.807) is 11.5 Å². The molecule has 1 N–H and O–H groups in total. The van der Waals surface area contributed by atoms with Gasteiger partial charge >= 0.3 is 5.97 Å². The molecular formula is C12H14N2O4. The van der Waals surface area contributed by atoms with Crippen molar-refractivity contribution in [2.45, 2.75) is 26.0 Å². The largest absolute Gasteiger partial charge is 0.478 e. The molecule has 2 heterocycles. The van der Waals surface area contributed by atoms with Crippen LogP contribution < -0.4 is 0 Å². The molecule has 1 aromatic rings. The summed E-state index contributed by atoms with van der Waals surface area (Å²) in [7, 11) is 0. The zero-order chi connectivity index (χ0) is 13.1. The van der Waals surface area contributed by atoms with E-state index >= 15 is 0 Å². The maximum absolute atomic E-state index is 11.0. The molecule has 0 amide bonds. The van der Waals surface area contributed by atoms with E-state index in [9.17, 15) is 9.59 Å². The predicted molar refractivity (Wildman–Crippen MR) is 63.4 cm³/mol. The van der Waals surface area contributed by atoms with Crippen molar-refractivity contribution in [2.75, 3.05) is 6.61 Å². The summed E-state index contributed by atoms with van der Waals surface area (Å²) in [5.41, 5.74) is 1.27. The van der Waals surface area contributed by atoms with E-state index in [4.69, 9.17) is 9.84 Å². The number of ether oxygens (including phenoxy) is 1. The van der Waals surface area contributed by atoms with Crippen LogP contribution in [0.25, 0.3) is 6.08 Å². The second kappa shape index (κ2) is 5.14. The lowest BCUT2D eigenvalue weighted by Crippen LogP contribution is -2.32. The summed E-state index contributed by atoms with van der Waals surface area (Å²) in [6.07, 6.45) is 4.18. The molecule has 0 aromatic carbocycles. The van der Waals surface area contributed by atoms with Gasteiger partial charge in [-0.3, -0.25) is 4.79 Å². The molecule has 1 saturated heterocycles. The van der Waals surface area contributed by atoms with Crippen molar-refractivity contribution in [1.29, 1.82) is 0 Å². The standard InChI is InChI=1S/C12H14N2O4/c1-8-10(2-3-12(16)17)14(11(7-15)13-8)6-9-4-5-18-9/h2-3,7,9H,4-6H2,1H3,(H,16,17)/b3-2+. The fraction of sp³-hybridized carbons (Fsp3) is 0.417. The SMILES string of the molecule is Cc1nc(C=O)n(CC2CCO2)c1/C=C/C(=O)O. The topological polar surface area (TPSA) is 81.4 Å². The molecule has 0 aliphatic carbocycles. The van der Waals surface area contributed by atoms with Gasteiger partial charge in [-0.15, -0.1) is 0 Å². The van der Waals surface area contributed by atoms with Crippen LogP contribution >= 0.6 is 0 Å². The van der Waals surface area contributed by atoms with Crippen LogP contribution in [0.5, 0.6) is 0 Å². The van der Waals surface area contributed by atoms with Crippen LogP contribution in [0, 0.1) is 6.92 Å². The molecule has 1 unspecified atom stereocenters. The highest BCUT2D eigenvalue weighted by Gasteiger charge is 2.22. The second-order valence-corrected chi connectivity index (χ2v) is 4.12. The van der Waals surface area contributed by atoms with Gasteiger partial charge in [0.25, 0.3) is 0 Å². The smallest absolute Gasteiger partial charge is 0.328 e. The molecule has 6 nitrogen and oxygen atoms in total. The number of carboxylic acids is 1. The molecule has 0 saturated carbocycles. The highest BCUT2D eigenvalue weighted by Crippen LogP contribution is 2.18. The number of carbonyl (C=O) groups excluding carboxylic acids is 1. The third-order valence-electron chi connectivity index (χ3n) is 2.89. The third kappa shape index (κ3) is 2.48. The maximum atomic E-state index is 11.0. The number of carboxylic acid groups (broad SMARTS) is 1. The number of aryl methyl sites for hydroxylation is 1. The lowest BCUT2D eigenvalue weighted by molar-refractivity contribution is -0.131. The number of aromatic nitrogens is 2. The van der Waals surface area contributed by atoms with E-state index in [0.29, 0.717) is 30.0 Å². The number of nitrogens with zero attached hydrogens (tertiary/aromatic N) is 2. The minimum absolute atomic E-state index is 0.0780. The Bertz CT molecular complexity index is 500. The lowest BCUT2D eigenvalue weighted by atomic mass is 10.2. The van der Waals surface area contributed by atoms with Crippen molar-refractivity contribution < 1.29 is 19.4 Å². The van der Waals surface area contributed by atoms with E-state index in [1.807, 2.05) is 0 Å². The van der Waals surface area contributed by atoms with E-state index in [0.717, 1.165) is 19.1 Å². The Morgan fingerprint density at radius 2 is 2.39 bits per heavy atom. The number of aliphatic carboxylic acids is 1. The minimum atomic E-state index is -1.03. The summed E-state index contributed by atoms with van der Waals surface area (Å²) in [6, 6.07) is 0. The Morgan fingerprint density at radius 1 is 1.67 bits per heavy atom. The van der Waals surface area contributed by atoms with Gasteiger partial charge in [0.1, 0.15) is 0 Å². The predicted octanol–water partition coefficient (Wildman–Crippen LogP) is 0.891. The van der Waals surface area contributed by atoms with E-state index in [2.05, 4.69) is 4.98 Å². The average Bonchev–Trinajstić information content (AvgIpc) is 2.57. The number of hydrogen-bond donors (Lipinski definition) is 1. The number of carbonyl (C=O) groups is 2. The van der Waals surface area contributed by atoms with Gasteiger partial charge in [-0.1, -0.05) is 0 Å². The van der Waals surface area contributed by atoms with Crippen molar-refractivity contribution in [3.8, 4) is 0 Å². The van der Waals surface area contributed by atoms with Crippen LogP contribution in [-0.4, -0.2) is 39.6 Å². The number of aldehydes is 1. The van der Waals surface area contributed by atoms with Crippen molar-refractivity contribution >= 4 is 18.3 Å². The molecule has 1 aromatic heterocycles. The van der Waals surface area contributed by atoms with Crippen molar-refractivity contribution in [3.63, 3.8) is 0 Å². The molecular weight excluding hydrogens is 236 g/mol. The van der Waals surface area contributed by atoms with E-state index < -0.39 is 5.97 Å². The van der Waals surface area contributed by atoms with Gasteiger partial charge in [-0.25, -0.2) is 9.78 Å². The first kappa shape index (κ1) is 12.5. The first-order chi connectivity index (χ1) is 8.61. The van der Waals surface area contributed by atoms with Crippen LogP contribution in [0.2, 0.25) is 0 Å². The van der Waals surface area contributed by atoms with Gasteiger partial charge in [0.2, 0.25) is 0 Å². The van der Waals surface area contributed by atoms with Crippen LogP contribution in [0.1, 0.15) is 28.4 Å². The van der Waals surface area contributed by atoms with Crippen LogP contribution in [0.4, 0.5) is 0 Å². The third-order valence-corrected chi connectivity index (χ3v) is 2.89. The quantitative estimate of drug-likeness (QED) is 0.620. The van der Waals surface area contributed by atoms with Gasteiger partial charge in [-0.05, 0) is 19.4 Å². The molecule has 96 valence electrons. The Kier molecular flexibility index (Phi) is 3.57. The molecule has 0 bridgehead atoms. The number of rotatable bonds is 5. The van der Waals surface area contributed by atoms with Gasteiger partial charge in [0.05, 0.1) is 24.0 Å². The highest BCUT2D eigenvalue weighted by molar-refractivity contribution is 5.85. The summed E-state index contributed by atoms with van der Waals surface area (Å²) in [4.78, 5) is 25.6.